The lowest BCUT2D eigenvalue weighted by atomic mass is 9.81. The maximum absolute atomic E-state index is 12.7. The molecule has 0 N–H and O–H groups in total. The summed E-state index contributed by atoms with van der Waals surface area (Å²) in [4.78, 5) is 42.5. The van der Waals surface area contributed by atoms with Crippen LogP contribution in [0.3, 0.4) is 0 Å². The molecule has 1 aromatic heterocycles. The molecule has 7 heteroatoms. The van der Waals surface area contributed by atoms with E-state index in [2.05, 4.69) is 4.98 Å². The zero-order valence-electron chi connectivity index (χ0n) is 13.9. The van der Waals surface area contributed by atoms with Crippen LogP contribution < -0.4 is 4.90 Å². The highest BCUT2D eigenvalue weighted by Gasteiger charge is 2.48. The van der Waals surface area contributed by atoms with Gasteiger partial charge in [-0.2, -0.15) is 0 Å². The van der Waals surface area contributed by atoms with Gasteiger partial charge in [0.2, 0.25) is 11.8 Å². The minimum Gasteiger partial charge on any atom is -0.299 e. The third kappa shape index (κ3) is 3.00. The van der Waals surface area contributed by atoms with Gasteiger partial charge >= 0.3 is 0 Å². The summed E-state index contributed by atoms with van der Waals surface area (Å²) in [5, 5.41) is 0. The first kappa shape index (κ1) is 16.7. The summed E-state index contributed by atoms with van der Waals surface area (Å²) in [5.74, 6) is 0.134. The monoisotopic (exact) mass is 374 g/mol. The van der Waals surface area contributed by atoms with E-state index in [9.17, 15) is 14.4 Å². The number of thiazole rings is 1. The van der Waals surface area contributed by atoms with E-state index in [4.69, 9.17) is 0 Å². The lowest BCUT2D eigenvalue weighted by molar-refractivity contribution is -0.122. The number of Topliss-reactive ketones (excluding diaryl/α,β-unsaturated/α-hetero) is 1. The second-order valence-electron chi connectivity index (χ2n) is 6.63. The highest BCUT2D eigenvalue weighted by molar-refractivity contribution is 8.01. The Labute approximate surface area is 153 Å². The summed E-state index contributed by atoms with van der Waals surface area (Å²) in [5.41, 5.74) is 1.47. The number of hydrogen-bond donors (Lipinski definition) is 0. The lowest BCUT2D eigenvalue weighted by Crippen LogP contribution is -2.30. The minimum atomic E-state index is -0.139. The van der Waals surface area contributed by atoms with Crippen LogP contribution in [0.25, 0.3) is 10.2 Å². The molecule has 1 saturated carbocycles. The SMILES string of the molecule is CC(=O)CSc1nc2ccc(N3C(=O)C4CCCCC4C3=O)cc2s1. The second kappa shape index (κ2) is 6.53. The van der Waals surface area contributed by atoms with E-state index >= 15 is 0 Å². The number of benzene rings is 1. The van der Waals surface area contributed by atoms with E-state index in [1.807, 2.05) is 12.1 Å². The van der Waals surface area contributed by atoms with Crippen LogP contribution in [-0.2, 0) is 14.4 Å². The number of carbonyl (C=O) groups is 3. The Morgan fingerprint density at radius 2 is 1.92 bits per heavy atom. The molecule has 130 valence electrons. The number of hydrogen-bond acceptors (Lipinski definition) is 6. The van der Waals surface area contributed by atoms with Crippen molar-refractivity contribution in [2.24, 2.45) is 11.8 Å². The topological polar surface area (TPSA) is 67.3 Å². The van der Waals surface area contributed by atoms with Gasteiger partial charge in [-0.15, -0.1) is 11.3 Å². The van der Waals surface area contributed by atoms with Gasteiger partial charge in [-0.1, -0.05) is 24.6 Å². The highest BCUT2D eigenvalue weighted by Crippen LogP contribution is 2.41. The predicted octanol–water partition coefficient (Wildman–Crippen LogP) is 3.66. The van der Waals surface area contributed by atoms with Crippen molar-refractivity contribution in [1.82, 2.24) is 4.98 Å². The Hall–Kier alpha value is -1.73. The molecule has 2 unspecified atom stereocenters. The van der Waals surface area contributed by atoms with Crippen molar-refractivity contribution in [2.45, 2.75) is 36.9 Å². The van der Waals surface area contributed by atoms with Crippen LogP contribution >= 0.6 is 23.1 Å². The molecule has 1 aliphatic heterocycles. The first-order valence-electron chi connectivity index (χ1n) is 8.45. The molecule has 0 bridgehead atoms. The third-order valence-electron chi connectivity index (χ3n) is 4.85. The average molecular weight is 374 g/mol. The Morgan fingerprint density at radius 1 is 1.24 bits per heavy atom. The van der Waals surface area contributed by atoms with Crippen molar-refractivity contribution < 1.29 is 14.4 Å². The normalized spacial score (nSPS) is 23.3. The molecule has 2 amide bonds. The Morgan fingerprint density at radius 3 is 2.56 bits per heavy atom. The molecule has 2 aliphatic rings. The lowest BCUT2D eigenvalue weighted by Gasteiger charge is -2.19. The van der Waals surface area contributed by atoms with Crippen LogP contribution in [0.15, 0.2) is 22.5 Å². The molecule has 2 atom stereocenters. The smallest absolute Gasteiger partial charge is 0.237 e. The van der Waals surface area contributed by atoms with Crippen molar-refractivity contribution in [1.29, 1.82) is 0 Å². The van der Waals surface area contributed by atoms with Gasteiger partial charge in [-0.3, -0.25) is 19.3 Å². The number of aromatic nitrogens is 1. The Balaban J connectivity index is 1.64. The molecule has 1 saturated heterocycles. The van der Waals surface area contributed by atoms with Crippen LogP contribution in [0, 0.1) is 11.8 Å². The van der Waals surface area contributed by atoms with E-state index in [0.717, 1.165) is 40.2 Å². The largest absolute Gasteiger partial charge is 0.299 e. The van der Waals surface area contributed by atoms with Crippen molar-refractivity contribution in [3.05, 3.63) is 18.2 Å². The van der Waals surface area contributed by atoms with Crippen LogP contribution in [-0.4, -0.2) is 28.3 Å². The molecule has 25 heavy (non-hydrogen) atoms. The third-order valence-corrected chi connectivity index (χ3v) is 7.16. The Bertz CT molecular complexity index is 852. The van der Waals surface area contributed by atoms with Crippen molar-refractivity contribution in [3.8, 4) is 0 Å². The van der Waals surface area contributed by atoms with Gasteiger partial charge in [0.25, 0.3) is 0 Å². The number of fused-ring (bicyclic) bond motifs is 2. The van der Waals surface area contributed by atoms with Gasteiger partial charge in [0.15, 0.2) is 4.34 Å². The van der Waals surface area contributed by atoms with E-state index < -0.39 is 0 Å². The zero-order chi connectivity index (χ0) is 17.6. The van der Waals surface area contributed by atoms with Gasteiger partial charge in [0.1, 0.15) is 5.78 Å². The highest BCUT2D eigenvalue weighted by atomic mass is 32.2. The fourth-order valence-electron chi connectivity index (χ4n) is 3.67. The number of nitrogens with zero attached hydrogens (tertiary/aromatic N) is 2. The molecule has 0 spiro atoms. The summed E-state index contributed by atoms with van der Waals surface area (Å²) in [6.45, 7) is 1.56. The molecule has 5 nitrogen and oxygen atoms in total. The number of ketones is 1. The number of carbonyl (C=O) groups excluding carboxylic acids is 3. The van der Waals surface area contributed by atoms with Crippen LogP contribution in [0.1, 0.15) is 32.6 Å². The number of thioether (sulfide) groups is 1. The predicted molar refractivity (Wildman–Crippen MR) is 99.0 cm³/mol. The summed E-state index contributed by atoms with van der Waals surface area (Å²) >= 11 is 2.91. The fraction of sp³-hybridized carbons (Fsp3) is 0.444. The standard InChI is InChI=1S/C18H18N2O3S2/c1-10(21)9-24-18-19-14-7-6-11(8-15(14)25-18)20-16(22)12-4-2-3-5-13(12)17(20)23/h6-8,12-13H,2-5,9H2,1H3. The molecule has 2 fully saturated rings. The summed E-state index contributed by atoms with van der Waals surface area (Å²) in [7, 11) is 0. The molecule has 0 radical (unpaired) electrons. The summed E-state index contributed by atoms with van der Waals surface area (Å²) in [6.07, 6.45) is 3.69. The fourth-order valence-corrected chi connectivity index (χ4v) is 5.57. The maximum atomic E-state index is 12.7. The van der Waals surface area contributed by atoms with Crippen LogP contribution in [0.4, 0.5) is 5.69 Å². The molecule has 1 aliphatic carbocycles. The maximum Gasteiger partial charge on any atom is 0.237 e. The number of amides is 2. The van der Waals surface area contributed by atoms with Gasteiger partial charge in [0.05, 0.1) is 33.5 Å². The number of imide groups is 1. The molecule has 2 aromatic rings. The van der Waals surface area contributed by atoms with E-state index in [1.165, 1.54) is 28.0 Å². The first-order chi connectivity index (χ1) is 12.0. The average Bonchev–Trinajstić information content (AvgIpc) is 3.12. The summed E-state index contributed by atoms with van der Waals surface area (Å²) in [6, 6.07) is 5.52. The van der Waals surface area contributed by atoms with E-state index in [0.29, 0.717) is 11.4 Å². The van der Waals surface area contributed by atoms with E-state index in [1.54, 1.807) is 13.0 Å². The Kier molecular flexibility index (Phi) is 4.37. The van der Waals surface area contributed by atoms with Crippen LogP contribution in [0.2, 0.25) is 0 Å². The number of anilines is 1. The van der Waals surface area contributed by atoms with Gasteiger partial charge < -0.3 is 0 Å². The second-order valence-corrected chi connectivity index (χ2v) is 8.88. The van der Waals surface area contributed by atoms with Gasteiger partial charge in [0, 0.05) is 0 Å². The zero-order valence-corrected chi connectivity index (χ0v) is 15.5. The summed E-state index contributed by atoms with van der Waals surface area (Å²) < 4.78 is 1.76. The minimum absolute atomic E-state index is 0.0512. The van der Waals surface area contributed by atoms with Gasteiger partial charge in [-0.25, -0.2) is 4.98 Å². The molecule has 4 rings (SSSR count). The molecular formula is C18H18N2O3S2. The van der Waals surface area contributed by atoms with Crippen molar-refractivity contribution >= 4 is 56.6 Å². The van der Waals surface area contributed by atoms with Gasteiger partial charge in [-0.05, 0) is 38.0 Å². The van der Waals surface area contributed by atoms with Crippen molar-refractivity contribution in [3.63, 3.8) is 0 Å². The van der Waals surface area contributed by atoms with E-state index in [-0.39, 0.29) is 29.4 Å². The molecule has 2 heterocycles. The number of rotatable bonds is 4. The molecule has 1 aromatic carbocycles. The van der Waals surface area contributed by atoms with Crippen LogP contribution in [0.5, 0.6) is 0 Å². The quantitative estimate of drug-likeness (QED) is 0.603. The van der Waals surface area contributed by atoms with Crippen molar-refractivity contribution in [2.75, 3.05) is 10.7 Å². The first-order valence-corrected chi connectivity index (χ1v) is 10.3. The molecular weight excluding hydrogens is 356 g/mol.